The summed E-state index contributed by atoms with van der Waals surface area (Å²) in [7, 11) is 1.38. The summed E-state index contributed by atoms with van der Waals surface area (Å²) in [6, 6.07) is 4.53. The van der Waals surface area contributed by atoms with Crippen LogP contribution < -0.4 is 4.90 Å². The lowest BCUT2D eigenvalue weighted by atomic mass is 9.96. The zero-order chi connectivity index (χ0) is 14.7. The van der Waals surface area contributed by atoms with Gasteiger partial charge in [-0.1, -0.05) is 0 Å². The number of Topliss-reactive ketones (excluding diaryl/α,β-unsaturated/α-hetero) is 1. The van der Waals surface area contributed by atoms with Crippen molar-refractivity contribution in [2.24, 2.45) is 5.92 Å². The minimum absolute atomic E-state index is 0.101. The van der Waals surface area contributed by atoms with Crippen LogP contribution in [-0.2, 0) is 9.53 Å². The maximum Gasteiger partial charge on any atom is 0.308 e. The second-order valence-electron chi connectivity index (χ2n) is 5.01. The highest BCUT2D eigenvalue weighted by molar-refractivity contribution is 5.94. The summed E-state index contributed by atoms with van der Waals surface area (Å²) >= 11 is 0. The molecule has 2 rings (SSSR count). The summed E-state index contributed by atoms with van der Waals surface area (Å²) in [4.78, 5) is 24.6. The van der Waals surface area contributed by atoms with Crippen molar-refractivity contribution in [2.75, 3.05) is 25.1 Å². The molecular formula is C15H18FNO3. The molecule has 0 amide bonds. The smallest absolute Gasteiger partial charge is 0.308 e. The number of benzene rings is 1. The zero-order valence-electron chi connectivity index (χ0n) is 11.7. The van der Waals surface area contributed by atoms with Crippen LogP contribution in [0.1, 0.15) is 30.1 Å². The molecule has 0 spiro atoms. The third-order valence-electron chi connectivity index (χ3n) is 3.72. The zero-order valence-corrected chi connectivity index (χ0v) is 11.7. The topological polar surface area (TPSA) is 46.6 Å². The number of anilines is 1. The minimum Gasteiger partial charge on any atom is -0.469 e. The van der Waals surface area contributed by atoms with Crippen molar-refractivity contribution < 1.29 is 18.7 Å². The Morgan fingerprint density at radius 3 is 2.45 bits per heavy atom. The third kappa shape index (κ3) is 2.98. The number of halogens is 1. The molecule has 1 aromatic rings. The molecule has 0 unspecified atom stereocenters. The number of ketones is 1. The molecule has 1 aliphatic rings. The molecule has 1 heterocycles. The van der Waals surface area contributed by atoms with E-state index in [1.54, 1.807) is 12.1 Å². The highest BCUT2D eigenvalue weighted by Crippen LogP contribution is 2.27. The number of methoxy groups -OCH3 is 1. The Labute approximate surface area is 117 Å². The minimum atomic E-state index is -0.394. The van der Waals surface area contributed by atoms with Crippen molar-refractivity contribution in [3.8, 4) is 0 Å². The van der Waals surface area contributed by atoms with Crippen molar-refractivity contribution in [1.29, 1.82) is 0 Å². The summed E-state index contributed by atoms with van der Waals surface area (Å²) < 4.78 is 18.8. The van der Waals surface area contributed by atoms with Crippen LogP contribution >= 0.6 is 0 Å². The number of hydrogen-bond donors (Lipinski definition) is 0. The molecule has 1 fully saturated rings. The highest BCUT2D eigenvalue weighted by Gasteiger charge is 2.26. The molecule has 1 saturated heterocycles. The van der Waals surface area contributed by atoms with Crippen LogP contribution in [0.25, 0.3) is 0 Å². The van der Waals surface area contributed by atoms with Gasteiger partial charge in [0.1, 0.15) is 5.82 Å². The molecule has 20 heavy (non-hydrogen) atoms. The molecular weight excluding hydrogens is 261 g/mol. The fraction of sp³-hybridized carbons (Fsp3) is 0.467. The van der Waals surface area contributed by atoms with Crippen LogP contribution in [0, 0.1) is 11.7 Å². The first-order chi connectivity index (χ1) is 9.52. The average molecular weight is 279 g/mol. The molecule has 0 radical (unpaired) electrons. The summed E-state index contributed by atoms with van der Waals surface area (Å²) in [5.41, 5.74) is 0.856. The SMILES string of the molecule is COC(=O)C1CCN(c2ccc(C(C)=O)cc2F)CC1. The van der Waals surface area contributed by atoms with Crippen LogP contribution in [0.2, 0.25) is 0 Å². The standard InChI is InChI=1S/C15H18FNO3/c1-10(18)12-3-4-14(13(16)9-12)17-7-5-11(6-8-17)15(19)20-2/h3-4,9,11H,5-8H2,1-2H3. The van der Waals surface area contributed by atoms with Gasteiger partial charge in [-0.05, 0) is 38.0 Å². The van der Waals surface area contributed by atoms with Crippen LogP contribution in [0.15, 0.2) is 18.2 Å². The molecule has 0 bridgehead atoms. The first kappa shape index (κ1) is 14.5. The van der Waals surface area contributed by atoms with Crippen LogP contribution in [0.4, 0.5) is 10.1 Å². The Hall–Kier alpha value is -1.91. The molecule has 0 aromatic heterocycles. The van der Waals surface area contributed by atoms with Crippen LogP contribution in [0.5, 0.6) is 0 Å². The van der Waals surface area contributed by atoms with Gasteiger partial charge in [-0.3, -0.25) is 9.59 Å². The summed E-state index contributed by atoms with van der Waals surface area (Å²) in [5.74, 6) is -0.845. The number of piperidine rings is 1. The van der Waals surface area contributed by atoms with Crippen molar-refractivity contribution >= 4 is 17.4 Å². The second-order valence-corrected chi connectivity index (χ2v) is 5.01. The number of nitrogens with zero attached hydrogens (tertiary/aromatic N) is 1. The molecule has 4 nitrogen and oxygen atoms in total. The van der Waals surface area contributed by atoms with E-state index in [1.165, 1.54) is 20.1 Å². The van der Waals surface area contributed by atoms with E-state index in [0.717, 1.165) is 0 Å². The Balaban J connectivity index is 2.07. The van der Waals surface area contributed by atoms with Gasteiger partial charge in [0.25, 0.3) is 0 Å². The molecule has 1 aliphatic heterocycles. The summed E-state index contributed by atoms with van der Waals surface area (Å²) in [6.07, 6.45) is 1.31. The fourth-order valence-corrected chi connectivity index (χ4v) is 2.51. The van der Waals surface area contributed by atoms with Crippen molar-refractivity contribution in [3.63, 3.8) is 0 Å². The number of esters is 1. The quantitative estimate of drug-likeness (QED) is 0.629. The Morgan fingerprint density at radius 2 is 1.95 bits per heavy atom. The lowest BCUT2D eigenvalue weighted by Crippen LogP contribution is -2.37. The molecule has 108 valence electrons. The Morgan fingerprint density at radius 1 is 1.30 bits per heavy atom. The maximum atomic E-state index is 14.0. The number of rotatable bonds is 3. The van der Waals surface area contributed by atoms with Gasteiger partial charge in [0, 0.05) is 18.7 Å². The predicted molar refractivity (Wildman–Crippen MR) is 73.4 cm³/mol. The van der Waals surface area contributed by atoms with Gasteiger partial charge in [0.05, 0.1) is 18.7 Å². The second kappa shape index (κ2) is 6.03. The maximum absolute atomic E-state index is 14.0. The van der Waals surface area contributed by atoms with Crippen LogP contribution in [0.3, 0.4) is 0 Å². The van der Waals surface area contributed by atoms with E-state index < -0.39 is 5.82 Å². The van der Waals surface area contributed by atoms with E-state index in [0.29, 0.717) is 37.2 Å². The van der Waals surface area contributed by atoms with E-state index in [4.69, 9.17) is 4.74 Å². The van der Waals surface area contributed by atoms with Gasteiger partial charge in [0.2, 0.25) is 0 Å². The highest BCUT2D eigenvalue weighted by atomic mass is 19.1. The van der Waals surface area contributed by atoms with Gasteiger partial charge in [-0.2, -0.15) is 0 Å². The van der Waals surface area contributed by atoms with Crippen molar-refractivity contribution in [2.45, 2.75) is 19.8 Å². The molecule has 0 saturated carbocycles. The van der Waals surface area contributed by atoms with Gasteiger partial charge in [0.15, 0.2) is 5.78 Å². The normalized spacial score (nSPS) is 16.1. The largest absolute Gasteiger partial charge is 0.469 e. The molecule has 0 atom stereocenters. The Kier molecular flexibility index (Phi) is 4.37. The van der Waals surface area contributed by atoms with Gasteiger partial charge in [-0.15, -0.1) is 0 Å². The number of ether oxygens (including phenoxy) is 1. The number of hydrogen-bond acceptors (Lipinski definition) is 4. The average Bonchev–Trinajstić information content (AvgIpc) is 2.46. The van der Waals surface area contributed by atoms with Crippen LogP contribution in [-0.4, -0.2) is 32.0 Å². The molecule has 0 N–H and O–H groups in total. The third-order valence-corrected chi connectivity index (χ3v) is 3.72. The first-order valence-corrected chi connectivity index (χ1v) is 6.66. The lowest BCUT2D eigenvalue weighted by molar-refractivity contribution is -0.146. The monoisotopic (exact) mass is 279 g/mol. The molecule has 0 aliphatic carbocycles. The van der Waals surface area contributed by atoms with Gasteiger partial charge >= 0.3 is 5.97 Å². The van der Waals surface area contributed by atoms with Gasteiger partial charge in [-0.25, -0.2) is 4.39 Å². The Bertz CT molecular complexity index is 522. The van der Waals surface area contributed by atoms with Gasteiger partial charge < -0.3 is 9.64 Å². The van der Waals surface area contributed by atoms with Crippen molar-refractivity contribution in [1.82, 2.24) is 0 Å². The molecule has 5 heteroatoms. The van der Waals surface area contributed by atoms with E-state index in [9.17, 15) is 14.0 Å². The van der Waals surface area contributed by atoms with E-state index in [-0.39, 0.29) is 17.7 Å². The van der Waals surface area contributed by atoms with E-state index in [1.807, 2.05) is 4.90 Å². The number of carbonyl (C=O) groups is 2. The number of carbonyl (C=O) groups excluding carboxylic acids is 2. The predicted octanol–water partition coefficient (Wildman–Crippen LogP) is 2.42. The summed E-state index contributed by atoms with van der Waals surface area (Å²) in [5, 5.41) is 0. The van der Waals surface area contributed by atoms with E-state index >= 15 is 0 Å². The molecule has 1 aromatic carbocycles. The lowest BCUT2D eigenvalue weighted by Gasteiger charge is -2.32. The first-order valence-electron chi connectivity index (χ1n) is 6.66. The fourth-order valence-electron chi connectivity index (χ4n) is 2.51. The summed E-state index contributed by atoms with van der Waals surface area (Å²) in [6.45, 7) is 2.63. The van der Waals surface area contributed by atoms with E-state index in [2.05, 4.69) is 0 Å². The van der Waals surface area contributed by atoms with Crippen molar-refractivity contribution in [3.05, 3.63) is 29.6 Å².